The van der Waals surface area contributed by atoms with E-state index in [1.54, 1.807) is 0 Å². The molecule has 3 heteroatoms. The Kier molecular flexibility index (Phi) is 5.09. The molecule has 3 N–H and O–H groups in total. The lowest BCUT2D eigenvalue weighted by atomic mass is 9.99. The first kappa shape index (κ1) is 12.5. The average Bonchev–Trinajstić information content (AvgIpc) is 2.70. The Bertz CT molecular complexity index is 200. The Morgan fingerprint density at radius 1 is 1.47 bits per heavy atom. The average molecular weight is 212 g/mol. The molecule has 0 aromatic carbocycles. The van der Waals surface area contributed by atoms with Gasteiger partial charge in [-0.05, 0) is 32.1 Å². The third-order valence-corrected chi connectivity index (χ3v) is 3.41. The van der Waals surface area contributed by atoms with Gasteiger partial charge >= 0.3 is 0 Å². The van der Waals surface area contributed by atoms with Crippen molar-refractivity contribution >= 4 is 5.91 Å². The number of carbonyl (C=O) groups is 1. The fraction of sp³-hybridized carbons (Fsp3) is 0.917. The molecule has 15 heavy (non-hydrogen) atoms. The largest absolute Gasteiger partial charge is 0.352 e. The zero-order valence-electron chi connectivity index (χ0n) is 9.96. The van der Waals surface area contributed by atoms with Crippen LogP contribution in [0.25, 0.3) is 0 Å². The Morgan fingerprint density at radius 2 is 2.07 bits per heavy atom. The van der Waals surface area contributed by atoms with Crippen LogP contribution in [0.5, 0.6) is 0 Å². The summed E-state index contributed by atoms with van der Waals surface area (Å²) in [6.45, 7) is 4.15. The van der Waals surface area contributed by atoms with Gasteiger partial charge in [0.05, 0.1) is 6.04 Å². The molecule has 0 bridgehead atoms. The third-order valence-electron chi connectivity index (χ3n) is 3.41. The minimum atomic E-state index is -0.321. The summed E-state index contributed by atoms with van der Waals surface area (Å²) in [6, 6.07) is -0.0261. The summed E-state index contributed by atoms with van der Waals surface area (Å²) in [5, 5.41) is 3.04. The van der Waals surface area contributed by atoms with Gasteiger partial charge in [-0.1, -0.05) is 26.2 Å². The summed E-state index contributed by atoms with van der Waals surface area (Å²) in [6.07, 6.45) is 6.88. The zero-order valence-corrected chi connectivity index (χ0v) is 9.96. The van der Waals surface area contributed by atoms with Crippen LogP contribution in [-0.4, -0.2) is 18.0 Å². The van der Waals surface area contributed by atoms with Gasteiger partial charge in [-0.2, -0.15) is 0 Å². The number of nitrogens with two attached hydrogens (primary N) is 1. The predicted molar refractivity (Wildman–Crippen MR) is 62.4 cm³/mol. The first-order valence-electron chi connectivity index (χ1n) is 6.21. The number of carbonyl (C=O) groups excluding carboxylic acids is 1. The van der Waals surface area contributed by atoms with Crippen molar-refractivity contribution in [1.29, 1.82) is 0 Å². The molecule has 88 valence electrons. The lowest BCUT2D eigenvalue weighted by molar-refractivity contribution is -0.123. The molecule has 0 unspecified atom stereocenters. The number of rotatable bonds is 5. The number of nitrogens with one attached hydrogen (secondary N) is 1. The second-order valence-electron chi connectivity index (χ2n) is 4.74. The van der Waals surface area contributed by atoms with Gasteiger partial charge in [0.1, 0.15) is 0 Å². The Hall–Kier alpha value is -0.570. The fourth-order valence-electron chi connectivity index (χ4n) is 2.35. The Labute approximate surface area is 92.8 Å². The van der Waals surface area contributed by atoms with Crippen LogP contribution in [0.3, 0.4) is 0 Å². The van der Waals surface area contributed by atoms with E-state index in [0.29, 0.717) is 12.0 Å². The van der Waals surface area contributed by atoms with Gasteiger partial charge in [0.25, 0.3) is 0 Å². The summed E-state index contributed by atoms with van der Waals surface area (Å²) >= 11 is 0. The Balaban J connectivity index is 2.29. The molecule has 1 saturated carbocycles. The second-order valence-corrected chi connectivity index (χ2v) is 4.74. The maximum absolute atomic E-state index is 11.7. The summed E-state index contributed by atoms with van der Waals surface area (Å²) < 4.78 is 0. The minimum Gasteiger partial charge on any atom is -0.352 e. The first-order chi connectivity index (χ1) is 7.15. The molecule has 0 aromatic rings. The van der Waals surface area contributed by atoms with Crippen molar-refractivity contribution in [3.05, 3.63) is 0 Å². The standard InChI is InChI=1S/C12H24N2O/c1-3-6-11(13)12(15)14-9(2)10-7-4-5-8-10/h9-11H,3-8,13H2,1-2H3,(H,14,15)/t9-,11-/m1/s1. The number of hydrogen-bond acceptors (Lipinski definition) is 2. The molecule has 2 atom stereocenters. The molecule has 3 nitrogen and oxygen atoms in total. The molecular weight excluding hydrogens is 188 g/mol. The van der Waals surface area contributed by atoms with Crippen molar-refractivity contribution in [2.24, 2.45) is 11.7 Å². The van der Waals surface area contributed by atoms with Crippen LogP contribution < -0.4 is 11.1 Å². The molecule has 0 heterocycles. The molecule has 1 aliphatic rings. The maximum Gasteiger partial charge on any atom is 0.237 e. The van der Waals surface area contributed by atoms with Crippen LogP contribution in [-0.2, 0) is 4.79 Å². The molecule has 0 spiro atoms. The van der Waals surface area contributed by atoms with E-state index in [1.807, 2.05) is 6.92 Å². The highest BCUT2D eigenvalue weighted by Crippen LogP contribution is 2.27. The van der Waals surface area contributed by atoms with E-state index in [-0.39, 0.29) is 11.9 Å². The van der Waals surface area contributed by atoms with Gasteiger partial charge in [0, 0.05) is 6.04 Å². The normalized spacial score (nSPS) is 21.3. The summed E-state index contributed by atoms with van der Waals surface area (Å²) in [5.74, 6) is 0.694. The van der Waals surface area contributed by atoms with Gasteiger partial charge in [-0.15, -0.1) is 0 Å². The van der Waals surface area contributed by atoms with Crippen molar-refractivity contribution in [3.63, 3.8) is 0 Å². The van der Waals surface area contributed by atoms with Crippen LogP contribution in [0.15, 0.2) is 0 Å². The van der Waals surface area contributed by atoms with E-state index in [4.69, 9.17) is 5.73 Å². The highest BCUT2D eigenvalue weighted by Gasteiger charge is 2.24. The molecule has 1 fully saturated rings. The molecule has 0 radical (unpaired) electrons. The molecule has 0 saturated heterocycles. The quantitative estimate of drug-likeness (QED) is 0.730. The first-order valence-corrected chi connectivity index (χ1v) is 6.21. The summed E-state index contributed by atoms with van der Waals surface area (Å²) in [5.41, 5.74) is 5.76. The van der Waals surface area contributed by atoms with Crippen LogP contribution >= 0.6 is 0 Å². The maximum atomic E-state index is 11.7. The van der Waals surface area contributed by atoms with Crippen LogP contribution in [0.4, 0.5) is 0 Å². The summed E-state index contributed by atoms with van der Waals surface area (Å²) in [7, 11) is 0. The highest BCUT2D eigenvalue weighted by atomic mass is 16.2. The topological polar surface area (TPSA) is 55.1 Å². The Morgan fingerprint density at radius 3 is 2.60 bits per heavy atom. The van der Waals surface area contributed by atoms with Gasteiger partial charge in [-0.25, -0.2) is 0 Å². The zero-order chi connectivity index (χ0) is 11.3. The number of hydrogen-bond donors (Lipinski definition) is 2. The van der Waals surface area contributed by atoms with Crippen molar-refractivity contribution in [2.45, 2.75) is 64.5 Å². The molecule has 0 aliphatic heterocycles. The minimum absolute atomic E-state index is 0.0243. The van der Waals surface area contributed by atoms with Gasteiger partial charge in [0.15, 0.2) is 0 Å². The summed E-state index contributed by atoms with van der Waals surface area (Å²) in [4.78, 5) is 11.7. The predicted octanol–water partition coefficient (Wildman–Crippen LogP) is 1.81. The van der Waals surface area contributed by atoms with Crippen LogP contribution in [0.1, 0.15) is 52.4 Å². The third kappa shape index (κ3) is 3.82. The van der Waals surface area contributed by atoms with Crippen molar-refractivity contribution in [1.82, 2.24) is 5.32 Å². The molecule has 0 aromatic heterocycles. The van der Waals surface area contributed by atoms with Crippen molar-refractivity contribution in [2.75, 3.05) is 0 Å². The van der Waals surface area contributed by atoms with Gasteiger partial charge in [-0.3, -0.25) is 4.79 Å². The van der Waals surface area contributed by atoms with E-state index in [1.165, 1.54) is 25.7 Å². The van der Waals surface area contributed by atoms with E-state index in [0.717, 1.165) is 12.8 Å². The molecule has 1 rings (SSSR count). The van der Waals surface area contributed by atoms with E-state index in [9.17, 15) is 4.79 Å². The highest BCUT2D eigenvalue weighted by molar-refractivity contribution is 5.81. The molecule has 1 amide bonds. The second kappa shape index (κ2) is 6.11. The van der Waals surface area contributed by atoms with Crippen LogP contribution in [0, 0.1) is 5.92 Å². The van der Waals surface area contributed by atoms with Crippen molar-refractivity contribution in [3.8, 4) is 0 Å². The molecular formula is C12H24N2O. The lowest BCUT2D eigenvalue weighted by Crippen LogP contribution is -2.46. The van der Waals surface area contributed by atoms with E-state index >= 15 is 0 Å². The van der Waals surface area contributed by atoms with Gasteiger partial charge in [0.2, 0.25) is 5.91 Å². The monoisotopic (exact) mass is 212 g/mol. The van der Waals surface area contributed by atoms with Gasteiger partial charge < -0.3 is 11.1 Å². The smallest absolute Gasteiger partial charge is 0.237 e. The van der Waals surface area contributed by atoms with Crippen LogP contribution in [0.2, 0.25) is 0 Å². The van der Waals surface area contributed by atoms with E-state index in [2.05, 4.69) is 12.2 Å². The van der Waals surface area contributed by atoms with E-state index < -0.39 is 0 Å². The lowest BCUT2D eigenvalue weighted by Gasteiger charge is -2.22. The van der Waals surface area contributed by atoms with Crippen molar-refractivity contribution < 1.29 is 4.79 Å². The number of amides is 1. The molecule has 1 aliphatic carbocycles. The fourth-order valence-corrected chi connectivity index (χ4v) is 2.35. The SMILES string of the molecule is CCC[C@@H](N)C(=O)N[C@H](C)C1CCCC1.